The molecule has 3 rings (SSSR count). The van der Waals surface area contributed by atoms with Gasteiger partial charge in [-0.2, -0.15) is 0 Å². The monoisotopic (exact) mass is 478 g/mol. The van der Waals surface area contributed by atoms with Crippen molar-refractivity contribution in [1.82, 2.24) is 10.4 Å². The molecule has 0 bridgehead atoms. The van der Waals surface area contributed by atoms with Crippen molar-refractivity contribution in [3.63, 3.8) is 0 Å². The second-order valence-electron chi connectivity index (χ2n) is 8.52. The molecule has 0 saturated heterocycles. The van der Waals surface area contributed by atoms with E-state index in [1.807, 2.05) is 0 Å². The van der Waals surface area contributed by atoms with Crippen molar-refractivity contribution in [2.75, 3.05) is 0 Å². The van der Waals surface area contributed by atoms with Gasteiger partial charge >= 0.3 is 12.1 Å². The summed E-state index contributed by atoms with van der Waals surface area (Å²) in [5.41, 5.74) is -1.13. The highest BCUT2D eigenvalue weighted by molar-refractivity contribution is 6.20. The number of halogens is 3. The van der Waals surface area contributed by atoms with E-state index in [1.165, 1.54) is 24.3 Å². The number of nitrogens with zero attached hydrogens (tertiary/aromatic N) is 1. The van der Waals surface area contributed by atoms with Gasteiger partial charge in [-0.25, -0.2) is 22.8 Å². The van der Waals surface area contributed by atoms with Gasteiger partial charge in [0.25, 0.3) is 11.8 Å². The van der Waals surface area contributed by atoms with Crippen molar-refractivity contribution in [3.05, 3.63) is 70.5 Å². The van der Waals surface area contributed by atoms with E-state index in [9.17, 15) is 32.3 Å². The van der Waals surface area contributed by atoms with Crippen molar-refractivity contribution in [3.8, 4) is 0 Å². The summed E-state index contributed by atoms with van der Waals surface area (Å²) in [5, 5.41) is 2.63. The summed E-state index contributed by atoms with van der Waals surface area (Å²) < 4.78 is 46.2. The van der Waals surface area contributed by atoms with Crippen LogP contribution in [-0.2, 0) is 20.8 Å². The molecule has 0 aliphatic carbocycles. The zero-order valence-electron chi connectivity index (χ0n) is 18.5. The predicted molar refractivity (Wildman–Crippen MR) is 111 cm³/mol. The molecule has 8 nitrogen and oxygen atoms in total. The van der Waals surface area contributed by atoms with Gasteiger partial charge in [-0.3, -0.25) is 9.59 Å². The van der Waals surface area contributed by atoms with Gasteiger partial charge in [-0.05, 0) is 51.0 Å². The molecule has 180 valence electrons. The largest absolute Gasteiger partial charge is 0.444 e. The maximum absolute atomic E-state index is 14.2. The van der Waals surface area contributed by atoms with E-state index >= 15 is 0 Å². The summed E-state index contributed by atoms with van der Waals surface area (Å²) in [6.45, 7) is 4.77. The second kappa shape index (κ2) is 9.54. The molecule has 3 amide bonds. The first-order valence-electron chi connectivity index (χ1n) is 10.2. The minimum Gasteiger partial charge on any atom is -0.444 e. The molecular weight excluding hydrogens is 457 g/mol. The van der Waals surface area contributed by atoms with E-state index in [1.54, 1.807) is 20.8 Å². The fourth-order valence-corrected chi connectivity index (χ4v) is 3.22. The number of carbonyl (C=O) groups excluding carboxylic acids is 4. The number of imide groups is 1. The summed E-state index contributed by atoms with van der Waals surface area (Å²) in [4.78, 5) is 54.4. The van der Waals surface area contributed by atoms with Crippen LogP contribution < -0.4 is 5.32 Å². The fourth-order valence-electron chi connectivity index (χ4n) is 3.22. The van der Waals surface area contributed by atoms with E-state index in [0.29, 0.717) is 12.1 Å². The van der Waals surface area contributed by atoms with Crippen LogP contribution in [0, 0.1) is 17.5 Å². The smallest absolute Gasteiger partial charge is 0.407 e. The van der Waals surface area contributed by atoms with Gasteiger partial charge in [0.1, 0.15) is 11.4 Å². The first kappa shape index (κ1) is 24.7. The lowest BCUT2D eigenvalue weighted by Crippen LogP contribution is -2.43. The van der Waals surface area contributed by atoms with Crippen molar-refractivity contribution in [2.24, 2.45) is 0 Å². The zero-order valence-corrected chi connectivity index (χ0v) is 18.5. The molecule has 34 heavy (non-hydrogen) atoms. The number of ether oxygens (including phenoxy) is 1. The Morgan fingerprint density at radius 3 is 2.09 bits per heavy atom. The fraction of sp³-hybridized carbons (Fsp3) is 0.304. The summed E-state index contributed by atoms with van der Waals surface area (Å²) in [7, 11) is 0. The number of carbonyl (C=O) groups is 4. The Morgan fingerprint density at radius 2 is 1.53 bits per heavy atom. The number of alkyl carbamates (subject to hydrolysis) is 1. The SMILES string of the molecule is CC(C)(C)OC(=O)N[C@@H](CC(=O)ON1C(=O)c2ccccc2C1=O)Cc1cc(F)c(F)cc1F. The van der Waals surface area contributed by atoms with Gasteiger partial charge in [-0.15, -0.1) is 0 Å². The van der Waals surface area contributed by atoms with Gasteiger partial charge in [0.2, 0.25) is 0 Å². The second-order valence-corrected chi connectivity index (χ2v) is 8.52. The highest BCUT2D eigenvalue weighted by atomic mass is 19.2. The normalized spacial score (nSPS) is 14.0. The quantitative estimate of drug-likeness (QED) is 0.502. The van der Waals surface area contributed by atoms with Crippen molar-refractivity contribution < 1.29 is 41.9 Å². The molecule has 2 aromatic rings. The first-order valence-corrected chi connectivity index (χ1v) is 10.2. The van der Waals surface area contributed by atoms with Crippen LogP contribution in [0.3, 0.4) is 0 Å². The van der Waals surface area contributed by atoms with Crippen LogP contribution >= 0.6 is 0 Å². The third kappa shape index (κ3) is 5.72. The maximum atomic E-state index is 14.2. The molecule has 1 N–H and O–H groups in total. The van der Waals surface area contributed by atoms with Gasteiger partial charge in [0, 0.05) is 12.1 Å². The first-order chi connectivity index (χ1) is 15.9. The Bertz CT molecular complexity index is 1130. The Morgan fingerprint density at radius 1 is 0.971 bits per heavy atom. The molecular formula is C23H21F3N2O6. The lowest BCUT2D eigenvalue weighted by molar-refractivity contribution is -0.169. The molecule has 2 aromatic carbocycles. The topological polar surface area (TPSA) is 102 Å². The molecule has 1 aliphatic rings. The van der Waals surface area contributed by atoms with Crippen LogP contribution in [0.15, 0.2) is 36.4 Å². The van der Waals surface area contributed by atoms with Gasteiger partial charge < -0.3 is 14.9 Å². The third-order valence-electron chi connectivity index (χ3n) is 4.64. The number of fused-ring (bicyclic) bond motifs is 1. The number of hydrogen-bond acceptors (Lipinski definition) is 6. The van der Waals surface area contributed by atoms with Crippen LogP contribution in [0.1, 0.15) is 53.5 Å². The van der Waals surface area contributed by atoms with Gasteiger partial charge in [0.15, 0.2) is 11.6 Å². The highest BCUT2D eigenvalue weighted by Crippen LogP contribution is 2.23. The van der Waals surface area contributed by atoms with E-state index in [-0.39, 0.29) is 21.8 Å². The van der Waals surface area contributed by atoms with Crippen molar-refractivity contribution >= 4 is 23.9 Å². The number of rotatable bonds is 6. The zero-order chi connectivity index (χ0) is 25.2. The average molecular weight is 478 g/mol. The minimum absolute atomic E-state index is 0.0487. The average Bonchev–Trinajstić information content (AvgIpc) is 2.95. The minimum atomic E-state index is -1.40. The van der Waals surface area contributed by atoms with E-state index < -0.39 is 65.8 Å². The van der Waals surface area contributed by atoms with E-state index in [4.69, 9.17) is 9.57 Å². The summed E-state index contributed by atoms with van der Waals surface area (Å²) in [5.74, 6) is -6.62. The maximum Gasteiger partial charge on any atom is 0.407 e. The summed E-state index contributed by atoms with van der Waals surface area (Å²) in [6, 6.07) is 5.58. The van der Waals surface area contributed by atoms with Crippen molar-refractivity contribution in [1.29, 1.82) is 0 Å². The lowest BCUT2D eigenvalue weighted by atomic mass is 10.0. The van der Waals surface area contributed by atoms with Crippen LogP contribution in [0.25, 0.3) is 0 Å². The molecule has 0 spiro atoms. The Labute approximate surface area is 192 Å². The molecule has 1 aliphatic heterocycles. The van der Waals surface area contributed by atoms with Gasteiger partial charge in [-0.1, -0.05) is 17.2 Å². The lowest BCUT2D eigenvalue weighted by Gasteiger charge is -2.24. The Hall–Kier alpha value is -3.89. The van der Waals surface area contributed by atoms with Crippen molar-refractivity contribution in [2.45, 2.75) is 45.3 Å². The number of nitrogens with one attached hydrogen (secondary N) is 1. The van der Waals surface area contributed by atoms with Gasteiger partial charge in [0.05, 0.1) is 17.5 Å². The van der Waals surface area contributed by atoms with Crippen LogP contribution in [0.2, 0.25) is 0 Å². The third-order valence-corrected chi connectivity index (χ3v) is 4.64. The summed E-state index contributed by atoms with van der Waals surface area (Å²) in [6.07, 6.45) is -2.06. The molecule has 0 radical (unpaired) electrons. The standard InChI is InChI=1S/C23H21F3N2O6/c1-23(2,3)33-22(32)27-13(8-12-9-17(25)18(26)11-16(12)24)10-19(29)34-28-20(30)14-6-4-5-7-15(14)21(28)31/h4-7,9,11,13H,8,10H2,1-3H3,(H,27,32)/t13-/m1/s1. The molecule has 0 saturated carbocycles. The Balaban J connectivity index is 1.76. The molecule has 1 atom stereocenters. The number of hydroxylamine groups is 2. The number of amides is 3. The number of benzene rings is 2. The molecule has 0 aromatic heterocycles. The summed E-state index contributed by atoms with van der Waals surface area (Å²) >= 11 is 0. The Kier molecular flexibility index (Phi) is 6.94. The van der Waals surface area contributed by atoms with E-state index in [2.05, 4.69) is 5.32 Å². The number of hydrogen-bond donors (Lipinski definition) is 1. The van der Waals surface area contributed by atoms with Crippen LogP contribution in [0.5, 0.6) is 0 Å². The molecule has 11 heteroatoms. The molecule has 1 heterocycles. The predicted octanol–water partition coefficient (Wildman–Crippen LogP) is 3.68. The molecule has 0 unspecified atom stereocenters. The van der Waals surface area contributed by atoms with Crippen LogP contribution in [-0.4, -0.2) is 40.6 Å². The molecule has 0 fully saturated rings. The van der Waals surface area contributed by atoms with E-state index in [0.717, 1.165) is 0 Å². The van der Waals surface area contributed by atoms with Crippen LogP contribution in [0.4, 0.5) is 18.0 Å². The highest BCUT2D eigenvalue weighted by Gasteiger charge is 2.39.